The lowest BCUT2D eigenvalue weighted by Crippen LogP contribution is -2.59. The Labute approximate surface area is 160 Å². The summed E-state index contributed by atoms with van der Waals surface area (Å²) >= 11 is 0. The lowest BCUT2D eigenvalue weighted by Gasteiger charge is -2.45. The Morgan fingerprint density at radius 1 is 1.07 bits per heavy atom. The van der Waals surface area contributed by atoms with Gasteiger partial charge < -0.3 is 10.0 Å². The minimum absolute atomic E-state index is 0.168. The van der Waals surface area contributed by atoms with Crippen molar-refractivity contribution in [2.45, 2.75) is 56.4 Å². The molecule has 6 heteroatoms. The third kappa shape index (κ3) is 3.35. The van der Waals surface area contributed by atoms with E-state index in [1.807, 2.05) is 17.0 Å². The van der Waals surface area contributed by atoms with Gasteiger partial charge in [-0.2, -0.15) is 0 Å². The Bertz CT molecular complexity index is 681. The van der Waals surface area contributed by atoms with E-state index in [4.69, 9.17) is 0 Å². The quantitative estimate of drug-likeness (QED) is 0.880. The van der Waals surface area contributed by atoms with Crippen molar-refractivity contribution in [1.29, 1.82) is 0 Å². The normalized spacial score (nSPS) is 28.4. The van der Waals surface area contributed by atoms with Crippen LogP contribution in [0.1, 0.15) is 56.4 Å². The fraction of sp³-hybridized carbons (Fsp3) is 0.667. The SMILES string of the molecule is O=C(O)[C@H]1CN(C(=O)C2(N3CCCC3)CCCCC2)C[C@@H]1c1cccnc1. The molecule has 1 aliphatic carbocycles. The molecule has 146 valence electrons. The maximum atomic E-state index is 13.7. The lowest BCUT2D eigenvalue weighted by molar-refractivity contribution is -0.146. The molecule has 3 aliphatic rings. The van der Waals surface area contributed by atoms with Gasteiger partial charge in [0.1, 0.15) is 5.54 Å². The molecule has 0 bridgehead atoms. The Balaban J connectivity index is 1.59. The summed E-state index contributed by atoms with van der Waals surface area (Å²) in [7, 11) is 0. The second-order valence-corrected chi connectivity index (χ2v) is 8.33. The summed E-state index contributed by atoms with van der Waals surface area (Å²) < 4.78 is 0. The van der Waals surface area contributed by atoms with Gasteiger partial charge in [0.25, 0.3) is 0 Å². The third-order valence-electron chi connectivity index (χ3n) is 6.83. The van der Waals surface area contributed by atoms with Gasteiger partial charge >= 0.3 is 5.97 Å². The summed E-state index contributed by atoms with van der Waals surface area (Å²) in [6.07, 6.45) is 11.0. The molecule has 0 aromatic carbocycles. The molecule has 1 saturated carbocycles. The number of amides is 1. The van der Waals surface area contributed by atoms with Gasteiger partial charge in [0.15, 0.2) is 0 Å². The van der Waals surface area contributed by atoms with Crippen molar-refractivity contribution in [2.75, 3.05) is 26.2 Å². The molecule has 0 radical (unpaired) electrons. The van der Waals surface area contributed by atoms with Crippen molar-refractivity contribution in [1.82, 2.24) is 14.8 Å². The molecule has 3 fully saturated rings. The Hall–Kier alpha value is -1.95. The van der Waals surface area contributed by atoms with Gasteiger partial charge in [-0.15, -0.1) is 0 Å². The summed E-state index contributed by atoms with van der Waals surface area (Å²) in [5.74, 6) is -1.39. The van der Waals surface area contributed by atoms with E-state index in [9.17, 15) is 14.7 Å². The minimum Gasteiger partial charge on any atom is -0.481 e. The van der Waals surface area contributed by atoms with Gasteiger partial charge in [-0.3, -0.25) is 19.5 Å². The predicted molar refractivity (Wildman–Crippen MR) is 101 cm³/mol. The van der Waals surface area contributed by atoms with Crippen LogP contribution in [0.5, 0.6) is 0 Å². The second kappa shape index (κ2) is 7.58. The number of pyridine rings is 1. The number of rotatable bonds is 4. The van der Waals surface area contributed by atoms with Crippen molar-refractivity contribution in [3.8, 4) is 0 Å². The smallest absolute Gasteiger partial charge is 0.308 e. The highest BCUT2D eigenvalue weighted by molar-refractivity contribution is 5.88. The van der Waals surface area contributed by atoms with E-state index in [1.54, 1.807) is 12.4 Å². The molecule has 4 rings (SSSR count). The van der Waals surface area contributed by atoms with Gasteiger partial charge in [0, 0.05) is 31.4 Å². The van der Waals surface area contributed by atoms with Crippen LogP contribution in [-0.2, 0) is 9.59 Å². The van der Waals surface area contributed by atoms with Crippen LogP contribution in [-0.4, -0.2) is 63.5 Å². The van der Waals surface area contributed by atoms with E-state index in [-0.39, 0.29) is 11.8 Å². The number of hydrogen-bond acceptors (Lipinski definition) is 4. The number of carbonyl (C=O) groups is 2. The number of aromatic nitrogens is 1. The van der Waals surface area contributed by atoms with E-state index >= 15 is 0 Å². The molecule has 2 aliphatic heterocycles. The average Bonchev–Trinajstić information content (AvgIpc) is 3.39. The second-order valence-electron chi connectivity index (χ2n) is 8.33. The highest BCUT2D eigenvalue weighted by atomic mass is 16.4. The molecule has 2 atom stereocenters. The first-order valence-electron chi connectivity index (χ1n) is 10.3. The molecule has 1 aromatic rings. The van der Waals surface area contributed by atoms with E-state index in [0.717, 1.165) is 57.2 Å². The van der Waals surface area contributed by atoms with Crippen molar-refractivity contribution in [2.24, 2.45) is 5.92 Å². The van der Waals surface area contributed by atoms with Gasteiger partial charge in [0.05, 0.1) is 5.92 Å². The summed E-state index contributed by atoms with van der Waals surface area (Å²) in [6, 6.07) is 3.77. The fourth-order valence-electron chi connectivity index (χ4n) is 5.39. The van der Waals surface area contributed by atoms with Crippen LogP contribution < -0.4 is 0 Å². The van der Waals surface area contributed by atoms with Gasteiger partial charge in [-0.05, 0) is 50.4 Å². The summed E-state index contributed by atoms with van der Waals surface area (Å²) in [6.45, 7) is 2.78. The van der Waals surface area contributed by atoms with Crippen molar-refractivity contribution >= 4 is 11.9 Å². The van der Waals surface area contributed by atoms with Crippen LogP contribution >= 0.6 is 0 Å². The molecular weight excluding hydrogens is 342 g/mol. The zero-order valence-electron chi connectivity index (χ0n) is 15.8. The van der Waals surface area contributed by atoms with Crippen LogP contribution in [0.3, 0.4) is 0 Å². The number of nitrogens with zero attached hydrogens (tertiary/aromatic N) is 3. The largest absolute Gasteiger partial charge is 0.481 e. The van der Waals surface area contributed by atoms with Crippen LogP contribution in [0.25, 0.3) is 0 Å². The molecular formula is C21H29N3O3. The minimum atomic E-state index is -0.821. The van der Waals surface area contributed by atoms with Crippen LogP contribution in [0.15, 0.2) is 24.5 Å². The zero-order chi connectivity index (χ0) is 18.9. The average molecular weight is 371 g/mol. The first-order chi connectivity index (χ1) is 13.1. The van der Waals surface area contributed by atoms with Crippen molar-refractivity contribution in [3.63, 3.8) is 0 Å². The maximum absolute atomic E-state index is 13.7. The Kier molecular flexibility index (Phi) is 5.17. The van der Waals surface area contributed by atoms with Gasteiger partial charge in [-0.25, -0.2) is 0 Å². The summed E-state index contributed by atoms with van der Waals surface area (Å²) in [4.78, 5) is 34.0. The number of carboxylic acids is 1. The fourth-order valence-corrected chi connectivity index (χ4v) is 5.39. The molecule has 3 heterocycles. The monoisotopic (exact) mass is 371 g/mol. The molecule has 6 nitrogen and oxygen atoms in total. The van der Waals surface area contributed by atoms with Crippen LogP contribution in [0, 0.1) is 5.92 Å². The number of aliphatic carboxylic acids is 1. The first kappa shape index (κ1) is 18.4. The molecule has 0 spiro atoms. The third-order valence-corrected chi connectivity index (χ3v) is 6.83. The van der Waals surface area contributed by atoms with Crippen molar-refractivity contribution in [3.05, 3.63) is 30.1 Å². The number of carbonyl (C=O) groups excluding carboxylic acids is 1. The maximum Gasteiger partial charge on any atom is 0.308 e. The zero-order valence-corrected chi connectivity index (χ0v) is 15.8. The highest BCUT2D eigenvalue weighted by Gasteiger charge is 2.50. The van der Waals surface area contributed by atoms with Crippen LogP contribution in [0.2, 0.25) is 0 Å². The van der Waals surface area contributed by atoms with E-state index in [0.29, 0.717) is 13.1 Å². The van der Waals surface area contributed by atoms with Gasteiger partial charge in [-0.1, -0.05) is 25.3 Å². The lowest BCUT2D eigenvalue weighted by atomic mass is 9.79. The van der Waals surface area contributed by atoms with Crippen LogP contribution in [0.4, 0.5) is 0 Å². The summed E-state index contributed by atoms with van der Waals surface area (Å²) in [5, 5.41) is 9.76. The molecule has 1 amide bonds. The van der Waals surface area contributed by atoms with Gasteiger partial charge in [0.2, 0.25) is 5.91 Å². The number of likely N-dealkylation sites (tertiary alicyclic amines) is 2. The predicted octanol–water partition coefficient (Wildman–Crippen LogP) is 2.51. The molecule has 2 saturated heterocycles. The summed E-state index contributed by atoms with van der Waals surface area (Å²) in [5.41, 5.74) is 0.515. The number of carboxylic acid groups (broad SMARTS) is 1. The van der Waals surface area contributed by atoms with E-state index in [1.165, 1.54) is 6.42 Å². The standard InChI is InChI=1S/C21H29N3O3/c25-19(26)18-15-23(14-17(18)16-7-6-10-22-13-16)20(27)21(8-2-1-3-9-21)24-11-4-5-12-24/h6-7,10,13,17-18H,1-5,8-9,11-12,14-15H2,(H,25,26)/t17-,18+/m1/s1. The first-order valence-corrected chi connectivity index (χ1v) is 10.3. The molecule has 0 unspecified atom stereocenters. The molecule has 1 aromatic heterocycles. The van der Waals surface area contributed by atoms with E-state index in [2.05, 4.69) is 9.88 Å². The Morgan fingerprint density at radius 3 is 2.44 bits per heavy atom. The van der Waals surface area contributed by atoms with Crippen molar-refractivity contribution < 1.29 is 14.7 Å². The Morgan fingerprint density at radius 2 is 1.81 bits per heavy atom. The highest BCUT2D eigenvalue weighted by Crippen LogP contribution is 2.40. The number of hydrogen-bond donors (Lipinski definition) is 1. The molecule has 27 heavy (non-hydrogen) atoms. The topological polar surface area (TPSA) is 73.7 Å². The van der Waals surface area contributed by atoms with E-state index < -0.39 is 17.4 Å². The molecule has 1 N–H and O–H groups in total.